The van der Waals surface area contributed by atoms with Gasteiger partial charge < -0.3 is 9.64 Å². The monoisotopic (exact) mass is 603 g/mol. The van der Waals surface area contributed by atoms with E-state index in [-0.39, 0.29) is 41.8 Å². The van der Waals surface area contributed by atoms with Gasteiger partial charge in [0.25, 0.3) is 3.79 Å². The van der Waals surface area contributed by atoms with Gasteiger partial charge in [0.1, 0.15) is 5.60 Å². The Morgan fingerprint density at radius 1 is 1.11 bits per heavy atom. The predicted molar refractivity (Wildman–Crippen MR) is 154 cm³/mol. The highest BCUT2D eigenvalue weighted by molar-refractivity contribution is 6.76. The maximum Gasteiger partial charge on any atom is 0.410 e. The minimum atomic E-state index is -1.51. The number of alkyl halides is 3. The van der Waals surface area contributed by atoms with Gasteiger partial charge in [-0.25, -0.2) is 4.79 Å². The highest BCUT2D eigenvalue weighted by Crippen LogP contribution is 2.60. The maximum absolute atomic E-state index is 13.0. The van der Waals surface area contributed by atoms with E-state index >= 15 is 0 Å². The Morgan fingerprint density at radius 2 is 1.76 bits per heavy atom. The summed E-state index contributed by atoms with van der Waals surface area (Å²) in [6.07, 6.45) is 3.68. The molecule has 10 heteroatoms. The van der Waals surface area contributed by atoms with Crippen LogP contribution in [0.5, 0.6) is 0 Å². The second kappa shape index (κ2) is 9.87. The van der Waals surface area contributed by atoms with Crippen molar-refractivity contribution in [1.82, 2.24) is 14.8 Å². The number of nitrogens with zero attached hydrogens (tertiary/aromatic N) is 4. The van der Waals surface area contributed by atoms with Gasteiger partial charge >= 0.3 is 12.3 Å². The number of carbonyl (C=O) groups excluding carboxylic acids is 1. The first-order valence-corrected chi connectivity index (χ1v) is 15.3. The van der Waals surface area contributed by atoms with Crippen LogP contribution < -0.4 is 0 Å². The minimum absolute atomic E-state index is 0.0387. The van der Waals surface area contributed by atoms with Crippen LogP contribution in [0.1, 0.15) is 79.0 Å². The molecule has 0 aliphatic carbocycles. The summed E-state index contributed by atoms with van der Waals surface area (Å²) < 4.78 is 6.46. The number of fused-ring (bicyclic) bond motifs is 3. The van der Waals surface area contributed by atoms with Crippen LogP contribution in [0.3, 0.4) is 0 Å². The first-order valence-electron chi connectivity index (χ1n) is 13.8. The largest absolute Gasteiger partial charge is 0.444 e. The first-order chi connectivity index (χ1) is 17.7. The zero-order valence-corrected chi connectivity index (χ0v) is 26.1. The van der Waals surface area contributed by atoms with Crippen LogP contribution in [0.4, 0.5) is 4.79 Å². The zero-order valence-electron chi connectivity index (χ0n) is 23.1. The number of ether oxygens (including phenoxy) is 1. The Labute approximate surface area is 246 Å². The van der Waals surface area contributed by atoms with Gasteiger partial charge in [-0.2, -0.15) is 0 Å². The molecule has 5 rings (SSSR count). The molecule has 1 aromatic rings. The molecule has 3 saturated heterocycles. The molecule has 2 bridgehead atoms. The van der Waals surface area contributed by atoms with Gasteiger partial charge in [0.05, 0.1) is 5.92 Å². The number of rotatable bonds is 5. The van der Waals surface area contributed by atoms with Crippen molar-refractivity contribution in [2.45, 2.75) is 101 Å². The number of carbonyl (C=O) groups is 1. The smallest absolute Gasteiger partial charge is 0.410 e. The van der Waals surface area contributed by atoms with Crippen molar-refractivity contribution in [3.63, 3.8) is 0 Å². The minimum Gasteiger partial charge on any atom is -0.444 e. The van der Waals surface area contributed by atoms with E-state index in [1.165, 1.54) is 0 Å². The van der Waals surface area contributed by atoms with Crippen LogP contribution in [0.15, 0.2) is 24.3 Å². The molecule has 3 fully saturated rings. The lowest BCUT2D eigenvalue weighted by Gasteiger charge is -2.51. The molecule has 6 unspecified atom stereocenters. The van der Waals surface area contributed by atoms with E-state index in [2.05, 4.69) is 47.5 Å². The summed E-state index contributed by atoms with van der Waals surface area (Å²) in [7, 11) is 0. The number of amides is 1. The third-order valence-electron chi connectivity index (χ3n) is 8.86. The van der Waals surface area contributed by atoms with Crippen molar-refractivity contribution in [2.24, 2.45) is 11.8 Å². The Bertz CT molecular complexity index is 1120. The van der Waals surface area contributed by atoms with Gasteiger partial charge in [-0.15, -0.1) is 0 Å². The third-order valence-corrected chi connectivity index (χ3v) is 9.69. The van der Waals surface area contributed by atoms with E-state index in [0.29, 0.717) is 11.6 Å². The predicted octanol–water partition coefficient (Wildman–Crippen LogP) is 7.26. The molecule has 6 nitrogen and oxygen atoms in total. The Kier molecular flexibility index (Phi) is 7.43. The molecule has 6 atom stereocenters. The number of hydrogen-bond donors (Lipinski definition) is 0. The summed E-state index contributed by atoms with van der Waals surface area (Å²) in [4.78, 5) is 17.6. The average Bonchev–Trinajstić information content (AvgIpc) is 3.19. The van der Waals surface area contributed by atoms with Crippen molar-refractivity contribution in [3.8, 4) is 0 Å². The van der Waals surface area contributed by atoms with Gasteiger partial charge in [-0.1, -0.05) is 83.3 Å². The summed E-state index contributed by atoms with van der Waals surface area (Å²) >= 11 is 26.3. The molecule has 0 saturated carbocycles. The fourth-order valence-corrected chi connectivity index (χ4v) is 8.44. The van der Waals surface area contributed by atoms with Gasteiger partial charge in [0.15, 0.2) is 5.66 Å². The van der Waals surface area contributed by atoms with Crippen molar-refractivity contribution >= 4 is 58.2 Å². The molecule has 0 N–H and O–H groups in total. The normalized spacial score (nSPS) is 33.2. The lowest BCUT2D eigenvalue weighted by atomic mass is 9.73. The second-order valence-electron chi connectivity index (χ2n) is 12.2. The molecule has 210 valence electrons. The molecular formula is C28H39Cl4N4O2+. The van der Waals surface area contributed by atoms with Gasteiger partial charge in [-0.3, -0.25) is 4.90 Å². The van der Waals surface area contributed by atoms with E-state index in [4.69, 9.17) is 51.1 Å². The number of piperazine rings is 1. The third kappa shape index (κ3) is 4.60. The fraction of sp³-hybridized carbons (Fsp3) is 0.714. The van der Waals surface area contributed by atoms with E-state index in [1.807, 2.05) is 37.8 Å². The van der Waals surface area contributed by atoms with Crippen molar-refractivity contribution in [2.75, 3.05) is 13.1 Å². The fourth-order valence-electron chi connectivity index (χ4n) is 7.54. The van der Waals surface area contributed by atoms with Gasteiger partial charge in [0.2, 0.25) is 5.71 Å². The molecule has 0 spiro atoms. The Morgan fingerprint density at radius 3 is 2.26 bits per heavy atom. The van der Waals surface area contributed by atoms with Crippen LogP contribution in [0.2, 0.25) is 5.02 Å². The molecule has 38 heavy (non-hydrogen) atoms. The molecule has 0 aromatic heterocycles. The molecule has 1 aromatic carbocycles. The second-order valence-corrected chi connectivity index (χ2v) is 15.0. The average molecular weight is 605 g/mol. The first kappa shape index (κ1) is 28.6. The lowest BCUT2D eigenvalue weighted by molar-refractivity contribution is -0.506. The summed E-state index contributed by atoms with van der Waals surface area (Å²) in [5.41, 5.74) is 1.19. The molecular weight excluding hydrogens is 566 g/mol. The molecule has 4 aliphatic heterocycles. The Balaban J connectivity index is 1.55. The van der Waals surface area contributed by atoms with E-state index in [1.54, 1.807) is 0 Å². The van der Waals surface area contributed by atoms with E-state index in [0.717, 1.165) is 43.5 Å². The van der Waals surface area contributed by atoms with Crippen LogP contribution in [0.25, 0.3) is 0 Å². The van der Waals surface area contributed by atoms with Gasteiger partial charge in [0, 0.05) is 41.7 Å². The molecule has 1 amide bonds. The van der Waals surface area contributed by atoms with Crippen LogP contribution in [-0.2, 0) is 4.74 Å². The number of hydrogen-bond acceptors (Lipinski definition) is 4. The number of likely N-dealkylation sites (tertiary alicyclic amines) is 2. The quantitative estimate of drug-likeness (QED) is 0.201. The molecule has 4 heterocycles. The number of benzene rings is 1. The zero-order chi connectivity index (χ0) is 27.8. The summed E-state index contributed by atoms with van der Waals surface area (Å²) in [5.74, 6) is 0.322. The number of halogens is 4. The highest BCUT2D eigenvalue weighted by atomic mass is 35.6. The van der Waals surface area contributed by atoms with Crippen molar-refractivity contribution < 1.29 is 14.2 Å². The van der Waals surface area contributed by atoms with Crippen molar-refractivity contribution in [1.29, 1.82) is 0 Å². The standard InChI is InChI=1S/C28H39Cl4N4O2/c1-7-9-22-17(3)23(28(30,31)32)35-24(18-10-12-19(29)13-11-18)36(35)27(22,8-2)34-16-20-14-21(34)15-33(20)25(37)38-26(4,5)6/h10-13,17,20-22,24H,7-9,14-16H2,1-6H3/q+1. The number of hydrazine groups is 1. The van der Waals surface area contributed by atoms with E-state index < -0.39 is 9.39 Å². The topological polar surface area (TPSA) is 38.8 Å². The van der Waals surface area contributed by atoms with Crippen LogP contribution in [0, 0.1) is 11.8 Å². The van der Waals surface area contributed by atoms with Gasteiger partial charge in [-0.05, 0) is 64.3 Å². The summed E-state index contributed by atoms with van der Waals surface area (Å²) in [5, 5.41) is 3.16. The summed E-state index contributed by atoms with van der Waals surface area (Å²) in [6.45, 7) is 14.0. The highest BCUT2D eigenvalue weighted by Gasteiger charge is 2.77. The van der Waals surface area contributed by atoms with Crippen molar-refractivity contribution in [3.05, 3.63) is 34.9 Å². The Hall–Kier alpha value is -0.920. The maximum atomic E-state index is 13.0. The number of hydrazone groups is 1. The SMILES string of the molecule is CCCC1C(C)C(C(Cl)(Cl)Cl)=[N+]2C(c3ccc(Cl)cc3)N2C1(CC)N1CC2CC1CN2C(=O)OC(C)(C)C. The van der Waals surface area contributed by atoms with Crippen LogP contribution in [-0.4, -0.2) is 71.5 Å². The van der Waals surface area contributed by atoms with Crippen LogP contribution >= 0.6 is 46.4 Å². The summed E-state index contributed by atoms with van der Waals surface area (Å²) in [6, 6.07) is 8.38. The molecule has 4 aliphatic rings. The lowest BCUT2D eigenvalue weighted by Crippen LogP contribution is -2.68. The molecule has 0 radical (unpaired) electrons. The van der Waals surface area contributed by atoms with E-state index in [9.17, 15) is 4.79 Å².